The van der Waals surface area contributed by atoms with Gasteiger partial charge in [-0.3, -0.25) is 4.79 Å². The van der Waals surface area contributed by atoms with Gasteiger partial charge in [-0.15, -0.1) is 12.4 Å². The van der Waals surface area contributed by atoms with Gasteiger partial charge in [0.25, 0.3) is 5.91 Å². The van der Waals surface area contributed by atoms with E-state index in [9.17, 15) is 4.79 Å². The first-order valence-corrected chi connectivity index (χ1v) is 6.62. The van der Waals surface area contributed by atoms with E-state index in [0.29, 0.717) is 18.2 Å². The van der Waals surface area contributed by atoms with Gasteiger partial charge in [0, 0.05) is 13.0 Å². The highest BCUT2D eigenvalue weighted by Crippen LogP contribution is 2.39. The molecule has 2 rings (SSSR count). The van der Waals surface area contributed by atoms with E-state index in [1.807, 2.05) is 20.8 Å². The van der Waals surface area contributed by atoms with E-state index in [4.69, 9.17) is 10.2 Å². The lowest BCUT2D eigenvalue weighted by Gasteiger charge is -2.28. The molecular weight excluding hydrogens is 264 g/mol. The van der Waals surface area contributed by atoms with E-state index in [-0.39, 0.29) is 23.9 Å². The summed E-state index contributed by atoms with van der Waals surface area (Å²) in [5.41, 5.74) is 6.52. The largest absolute Gasteiger partial charge is 0.456 e. The Morgan fingerprint density at radius 1 is 1.58 bits per heavy atom. The van der Waals surface area contributed by atoms with Crippen LogP contribution in [0.3, 0.4) is 0 Å². The summed E-state index contributed by atoms with van der Waals surface area (Å²) in [5, 5.41) is 3.03. The first-order chi connectivity index (χ1) is 8.50. The molecule has 0 bridgehead atoms. The van der Waals surface area contributed by atoms with Gasteiger partial charge in [0.1, 0.15) is 5.76 Å². The first kappa shape index (κ1) is 16.1. The van der Waals surface area contributed by atoms with Crippen molar-refractivity contribution in [2.24, 2.45) is 11.7 Å². The molecule has 0 radical (unpaired) electrons. The molecule has 4 nitrogen and oxygen atoms in total. The van der Waals surface area contributed by atoms with E-state index in [1.54, 1.807) is 6.07 Å². The highest BCUT2D eigenvalue weighted by molar-refractivity contribution is 5.92. The van der Waals surface area contributed by atoms with Crippen LogP contribution in [-0.4, -0.2) is 18.0 Å². The summed E-state index contributed by atoms with van der Waals surface area (Å²) in [6, 6.07) is 1.80. The van der Waals surface area contributed by atoms with Crippen molar-refractivity contribution in [2.75, 3.05) is 6.54 Å². The number of carbonyl (C=O) groups is 1. The third kappa shape index (κ3) is 3.31. The van der Waals surface area contributed by atoms with Crippen molar-refractivity contribution < 1.29 is 9.21 Å². The molecule has 1 atom stereocenters. The number of nitrogens with one attached hydrogen (secondary N) is 1. The molecular formula is C14H23ClN2O2. The highest BCUT2D eigenvalue weighted by atomic mass is 35.5. The van der Waals surface area contributed by atoms with Crippen LogP contribution in [0.25, 0.3) is 0 Å². The van der Waals surface area contributed by atoms with E-state index in [2.05, 4.69) is 5.32 Å². The summed E-state index contributed by atoms with van der Waals surface area (Å²) in [6.07, 6.45) is 3.09. The van der Waals surface area contributed by atoms with Gasteiger partial charge in [-0.05, 0) is 44.2 Å². The average molecular weight is 287 g/mol. The van der Waals surface area contributed by atoms with Crippen LogP contribution in [0, 0.1) is 12.8 Å². The molecule has 1 amide bonds. The van der Waals surface area contributed by atoms with Crippen molar-refractivity contribution in [3.8, 4) is 0 Å². The molecule has 1 aliphatic rings. The zero-order chi connectivity index (χ0) is 13.3. The summed E-state index contributed by atoms with van der Waals surface area (Å²) < 4.78 is 5.56. The monoisotopic (exact) mass is 286 g/mol. The lowest BCUT2D eigenvalue weighted by atomic mass is 9.96. The third-order valence-electron chi connectivity index (χ3n) is 3.87. The number of carbonyl (C=O) groups excluding carboxylic acids is 1. The van der Waals surface area contributed by atoms with E-state index >= 15 is 0 Å². The molecule has 19 heavy (non-hydrogen) atoms. The molecule has 3 N–H and O–H groups in total. The van der Waals surface area contributed by atoms with Crippen molar-refractivity contribution >= 4 is 18.3 Å². The fourth-order valence-corrected chi connectivity index (χ4v) is 2.34. The Bertz CT molecular complexity index is 454. The van der Waals surface area contributed by atoms with Gasteiger partial charge >= 0.3 is 0 Å². The number of amides is 1. The van der Waals surface area contributed by atoms with E-state index < -0.39 is 0 Å². The lowest BCUT2D eigenvalue weighted by Crippen LogP contribution is -2.53. The minimum Gasteiger partial charge on any atom is -0.456 e. The van der Waals surface area contributed by atoms with Crippen LogP contribution in [-0.2, 0) is 6.42 Å². The lowest BCUT2D eigenvalue weighted by molar-refractivity contribution is 0.0867. The normalized spacial score (nSPS) is 17.5. The summed E-state index contributed by atoms with van der Waals surface area (Å²) in [4.78, 5) is 12.2. The Balaban J connectivity index is 0.00000180. The zero-order valence-electron chi connectivity index (χ0n) is 11.8. The maximum absolute atomic E-state index is 12.2. The molecule has 1 unspecified atom stereocenters. The number of rotatable bonds is 5. The quantitative estimate of drug-likeness (QED) is 0.873. The fraction of sp³-hybridized carbons (Fsp3) is 0.643. The van der Waals surface area contributed by atoms with Gasteiger partial charge in [0.05, 0.1) is 5.54 Å². The average Bonchev–Trinajstić information content (AvgIpc) is 3.13. The van der Waals surface area contributed by atoms with Gasteiger partial charge < -0.3 is 15.5 Å². The molecule has 1 fully saturated rings. The van der Waals surface area contributed by atoms with Gasteiger partial charge in [-0.2, -0.15) is 0 Å². The molecule has 1 aromatic rings. The highest BCUT2D eigenvalue weighted by Gasteiger charge is 2.42. The Hall–Kier alpha value is -1.00. The second-order valence-electron chi connectivity index (χ2n) is 5.42. The Morgan fingerprint density at radius 2 is 2.21 bits per heavy atom. The topological polar surface area (TPSA) is 68.3 Å². The molecule has 0 spiro atoms. The number of furan rings is 1. The van der Waals surface area contributed by atoms with Crippen molar-refractivity contribution in [3.63, 3.8) is 0 Å². The first-order valence-electron chi connectivity index (χ1n) is 6.62. The van der Waals surface area contributed by atoms with E-state index in [1.165, 1.54) is 0 Å². The summed E-state index contributed by atoms with van der Waals surface area (Å²) in [5.74, 6) is 1.62. The molecule has 0 aliphatic heterocycles. The second kappa shape index (κ2) is 5.97. The predicted octanol–water partition coefficient (Wildman–Crippen LogP) is 2.43. The van der Waals surface area contributed by atoms with Crippen LogP contribution >= 0.6 is 12.4 Å². The second-order valence-corrected chi connectivity index (χ2v) is 5.42. The van der Waals surface area contributed by atoms with Gasteiger partial charge in [0.2, 0.25) is 0 Å². The standard InChI is InChI=1S/C14H22N2O2.ClH/c1-4-11-9(2)7-12(18-11)13(17)16-14(3,8-15)10-5-6-10;/h7,10H,4-6,8,15H2,1-3H3,(H,16,17);1H. The van der Waals surface area contributed by atoms with Crippen molar-refractivity contribution in [2.45, 2.75) is 45.6 Å². The summed E-state index contributed by atoms with van der Waals surface area (Å²) in [6.45, 7) is 6.45. The molecule has 1 aromatic heterocycles. The van der Waals surface area contributed by atoms with Gasteiger partial charge in [-0.1, -0.05) is 6.92 Å². The summed E-state index contributed by atoms with van der Waals surface area (Å²) in [7, 11) is 0. The van der Waals surface area contributed by atoms with Crippen molar-refractivity contribution in [1.82, 2.24) is 5.32 Å². The fourth-order valence-electron chi connectivity index (χ4n) is 2.34. The van der Waals surface area contributed by atoms with Crippen molar-refractivity contribution in [3.05, 3.63) is 23.2 Å². The third-order valence-corrected chi connectivity index (χ3v) is 3.87. The van der Waals surface area contributed by atoms with Crippen LogP contribution in [0.15, 0.2) is 10.5 Å². The van der Waals surface area contributed by atoms with Crippen LogP contribution in [0.5, 0.6) is 0 Å². The minimum atomic E-state index is -0.301. The molecule has 0 aromatic carbocycles. The minimum absolute atomic E-state index is 0. The van der Waals surface area contributed by atoms with Crippen LogP contribution in [0.2, 0.25) is 0 Å². The zero-order valence-corrected chi connectivity index (χ0v) is 12.6. The van der Waals surface area contributed by atoms with Crippen molar-refractivity contribution in [1.29, 1.82) is 0 Å². The Labute approximate surface area is 120 Å². The van der Waals surface area contributed by atoms with Gasteiger partial charge in [-0.25, -0.2) is 0 Å². The molecule has 1 aliphatic carbocycles. The molecule has 5 heteroatoms. The number of hydrogen-bond donors (Lipinski definition) is 2. The summed E-state index contributed by atoms with van der Waals surface area (Å²) >= 11 is 0. The number of aryl methyl sites for hydroxylation is 2. The SMILES string of the molecule is CCc1oc(C(=O)NC(C)(CN)C2CC2)cc1C.Cl. The number of hydrogen-bond acceptors (Lipinski definition) is 3. The van der Waals surface area contributed by atoms with Crippen LogP contribution in [0.4, 0.5) is 0 Å². The van der Waals surface area contributed by atoms with Gasteiger partial charge in [0.15, 0.2) is 5.76 Å². The Kier molecular flexibility index (Phi) is 5.04. The van der Waals surface area contributed by atoms with Crippen LogP contribution < -0.4 is 11.1 Å². The molecule has 108 valence electrons. The predicted molar refractivity (Wildman–Crippen MR) is 77.7 cm³/mol. The maximum Gasteiger partial charge on any atom is 0.287 e. The maximum atomic E-state index is 12.2. The molecule has 1 heterocycles. The van der Waals surface area contributed by atoms with Crippen LogP contribution in [0.1, 0.15) is 48.6 Å². The number of nitrogens with two attached hydrogens (primary N) is 1. The molecule has 1 saturated carbocycles. The van der Waals surface area contributed by atoms with E-state index in [0.717, 1.165) is 30.6 Å². The molecule has 0 saturated heterocycles. The Morgan fingerprint density at radius 3 is 2.63 bits per heavy atom. The number of halogens is 1. The smallest absolute Gasteiger partial charge is 0.287 e.